The Hall–Kier alpha value is -2.63. The van der Waals surface area contributed by atoms with Crippen LogP contribution in [0.4, 0.5) is 0 Å². The highest BCUT2D eigenvalue weighted by molar-refractivity contribution is 6.37. The molecule has 2 aliphatic heterocycles. The van der Waals surface area contributed by atoms with Gasteiger partial charge in [-0.05, 0) is 23.8 Å². The number of carbonyl (C=O) groups is 2. The molecule has 27 heavy (non-hydrogen) atoms. The normalized spacial score (nSPS) is 18.3. The Kier molecular flexibility index (Phi) is 4.50. The molecule has 2 aliphatic rings. The summed E-state index contributed by atoms with van der Waals surface area (Å²) >= 11 is 12.6. The summed E-state index contributed by atoms with van der Waals surface area (Å²) in [6.07, 6.45) is -0.831. The lowest BCUT2D eigenvalue weighted by molar-refractivity contribution is -0.146. The highest BCUT2D eigenvalue weighted by atomic mass is 35.5. The minimum atomic E-state index is -0.831. The van der Waals surface area contributed by atoms with Gasteiger partial charge in [-0.15, -0.1) is 0 Å². The van der Waals surface area contributed by atoms with Crippen molar-refractivity contribution >= 4 is 46.4 Å². The molecule has 1 amide bonds. The molecule has 5 nitrogen and oxygen atoms in total. The van der Waals surface area contributed by atoms with E-state index < -0.39 is 12.2 Å². The first-order valence-electron chi connectivity index (χ1n) is 8.26. The maximum Gasteiger partial charge on any atom is 0.304 e. The molecule has 2 aromatic rings. The molecule has 136 valence electrons. The molecule has 2 heterocycles. The van der Waals surface area contributed by atoms with E-state index in [9.17, 15) is 9.59 Å². The standard InChI is InChI=1S/C20H14Cl2N2O3/c1-10(25)27-20-15-9-23-18(13-4-2-3-5-16(13)22)14-8-11(21)6-7-12(14)17(15)19(26)24-20/h2-8,20H,9H2,1H3,(H,24,26). The van der Waals surface area contributed by atoms with Crippen molar-refractivity contribution in [2.45, 2.75) is 13.2 Å². The molecule has 2 aromatic carbocycles. The molecule has 0 aromatic heterocycles. The summed E-state index contributed by atoms with van der Waals surface area (Å²) in [6.45, 7) is 1.49. The van der Waals surface area contributed by atoms with Crippen molar-refractivity contribution in [3.63, 3.8) is 0 Å². The monoisotopic (exact) mass is 400 g/mol. The molecule has 0 saturated heterocycles. The third-order valence-electron chi connectivity index (χ3n) is 4.45. The fraction of sp³-hybridized carbons (Fsp3) is 0.150. The number of rotatable bonds is 2. The van der Waals surface area contributed by atoms with Gasteiger partial charge in [-0.3, -0.25) is 14.6 Å². The van der Waals surface area contributed by atoms with Crippen LogP contribution in [0.1, 0.15) is 23.6 Å². The van der Waals surface area contributed by atoms with Crippen molar-refractivity contribution in [1.82, 2.24) is 5.32 Å². The Morgan fingerprint density at radius 2 is 1.93 bits per heavy atom. The highest BCUT2D eigenvalue weighted by Gasteiger charge is 2.37. The maximum atomic E-state index is 12.6. The minimum Gasteiger partial charge on any atom is -0.438 e. The molecule has 0 bridgehead atoms. The van der Waals surface area contributed by atoms with Crippen LogP contribution in [0.5, 0.6) is 0 Å². The van der Waals surface area contributed by atoms with Gasteiger partial charge < -0.3 is 10.1 Å². The second kappa shape index (κ2) is 6.83. The average molecular weight is 401 g/mol. The summed E-state index contributed by atoms with van der Waals surface area (Å²) in [5.41, 5.74) is 3.84. The van der Waals surface area contributed by atoms with E-state index in [0.717, 1.165) is 5.56 Å². The summed E-state index contributed by atoms with van der Waals surface area (Å²) < 4.78 is 5.26. The molecule has 0 radical (unpaired) electrons. The molecule has 0 spiro atoms. The topological polar surface area (TPSA) is 67.8 Å². The third kappa shape index (κ3) is 3.13. The van der Waals surface area contributed by atoms with E-state index in [-0.39, 0.29) is 12.5 Å². The van der Waals surface area contributed by atoms with Gasteiger partial charge in [0.15, 0.2) is 0 Å². The number of ether oxygens (including phenoxy) is 1. The third-order valence-corrected chi connectivity index (χ3v) is 5.02. The summed E-state index contributed by atoms with van der Waals surface area (Å²) in [6, 6.07) is 12.6. The van der Waals surface area contributed by atoms with Crippen molar-refractivity contribution < 1.29 is 14.3 Å². The lowest BCUT2D eigenvalue weighted by Gasteiger charge is -2.14. The fourth-order valence-electron chi connectivity index (χ4n) is 3.34. The Morgan fingerprint density at radius 3 is 2.67 bits per heavy atom. The number of nitrogens with one attached hydrogen (secondary N) is 1. The van der Waals surface area contributed by atoms with Crippen LogP contribution >= 0.6 is 23.2 Å². The van der Waals surface area contributed by atoms with E-state index >= 15 is 0 Å². The van der Waals surface area contributed by atoms with E-state index in [1.165, 1.54) is 6.92 Å². The molecule has 0 saturated carbocycles. The summed E-state index contributed by atoms with van der Waals surface area (Å²) in [4.78, 5) is 28.8. The summed E-state index contributed by atoms with van der Waals surface area (Å²) in [5, 5.41) is 3.76. The van der Waals surface area contributed by atoms with Gasteiger partial charge in [-0.25, -0.2) is 0 Å². The lowest BCUT2D eigenvalue weighted by Crippen LogP contribution is -2.33. The average Bonchev–Trinajstić information content (AvgIpc) is 2.82. The van der Waals surface area contributed by atoms with Crippen molar-refractivity contribution in [2.24, 2.45) is 4.99 Å². The quantitative estimate of drug-likeness (QED) is 0.782. The SMILES string of the molecule is CC(=O)OC1NC(=O)C2=C1CN=C(c1ccccc1Cl)c1cc(Cl)ccc12. The number of nitrogens with zero attached hydrogens (tertiary/aromatic N) is 1. The van der Waals surface area contributed by atoms with Gasteiger partial charge in [0.1, 0.15) is 0 Å². The van der Waals surface area contributed by atoms with Crippen molar-refractivity contribution in [2.75, 3.05) is 6.54 Å². The molecule has 7 heteroatoms. The zero-order valence-electron chi connectivity index (χ0n) is 14.3. The zero-order valence-corrected chi connectivity index (χ0v) is 15.8. The van der Waals surface area contributed by atoms with Crippen LogP contribution in [-0.2, 0) is 14.3 Å². The van der Waals surface area contributed by atoms with E-state index in [0.29, 0.717) is 38.0 Å². The molecule has 1 N–H and O–H groups in total. The van der Waals surface area contributed by atoms with Crippen LogP contribution in [0.25, 0.3) is 5.57 Å². The first kappa shape index (κ1) is 17.8. The molecule has 0 fully saturated rings. The van der Waals surface area contributed by atoms with Crippen LogP contribution in [-0.4, -0.2) is 30.4 Å². The van der Waals surface area contributed by atoms with E-state index in [4.69, 9.17) is 32.9 Å². The van der Waals surface area contributed by atoms with Crippen LogP contribution in [0.2, 0.25) is 10.0 Å². The number of aliphatic imine (C=N–C) groups is 1. The van der Waals surface area contributed by atoms with Crippen LogP contribution < -0.4 is 5.32 Å². The minimum absolute atomic E-state index is 0.193. The van der Waals surface area contributed by atoms with Crippen LogP contribution in [0.15, 0.2) is 53.0 Å². The first-order valence-corrected chi connectivity index (χ1v) is 9.02. The van der Waals surface area contributed by atoms with Gasteiger partial charge in [-0.1, -0.05) is 47.5 Å². The Labute approximate surface area is 165 Å². The van der Waals surface area contributed by atoms with Crippen LogP contribution in [0, 0.1) is 0 Å². The van der Waals surface area contributed by atoms with E-state index in [1.807, 2.05) is 18.2 Å². The molecule has 0 aliphatic carbocycles. The van der Waals surface area contributed by atoms with E-state index in [2.05, 4.69) is 5.32 Å². The Bertz CT molecular complexity index is 1040. The molecule has 1 atom stereocenters. The molecule has 4 rings (SSSR count). The molecular formula is C20H14Cl2N2O3. The molecule has 1 unspecified atom stereocenters. The van der Waals surface area contributed by atoms with Gasteiger partial charge >= 0.3 is 5.97 Å². The Balaban J connectivity index is 1.93. The van der Waals surface area contributed by atoms with Crippen molar-refractivity contribution in [3.8, 4) is 0 Å². The van der Waals surface area contributed by atoms with Gasteiger partial charge in [-0.2, -0.15) is 0 Å². The number of amides is 1. The second-order valence-electron chi connectivity index (χ2n) is 6.20. The largest absolute Gasteiger partial charge is 0.438 e. The number of hydrogen-bond donors (Lipinski definition) is 1. The highest BCUT2D eigenvalue weighted by Crippen LogP contribution is 2.36. The number of halogens is 2. The molecular weight excluding hydrogens is 387 g/mol. The predicted octanol–water partition coefficient (Wildman–Crippen LogP) is 3.62. The van der Waals surface area contributed by atoms with Gasteiger partial charge in [0, 0.05) is 33.7 Å². The van der Waals surface area contributed by atoms with Gasteiger partial charge in [0.2, 0.25) is 6.23 Å². The number of carbonyl (C=O) groups excluding carboxylic acids is 2. The predicted molar refractivity (Wildman–Crippen MR) is 104 cm³/mol. The van der Waals surface area contributed by atoms with Crippen LogP contribution in [0.3, 0.4) is 0 Å². The smallest absolute Gasteiger partial charge is 0.304 e. The van der Waals surface area contributed by atoms with E-state index in [1.54, 1.807) is 24.3 Å². The van der Waals surface area contributed by atoms with Crippen molar-refractivity contribution in [3.05, 3.63) is 74.8 Å². The number of hydrogen-bond acceptors (Lipinski definition) is 4. The number of benzene rings is 2. The number of esters is 1. The lowest BCUT2D eigenvalue weighted by atomic mass is 9.92. The summed E-state index contributed by atoms with van der Waals surface area (Å²) in [5.74, 6) is -0.791. The van der Waals surface area contributed by atoms with Crippen molar-refractivity contribution in [1.29, 1.82) is 0 Å². The maximum absolute atomic E-state index is 12.6. The first-order chi connectivity index (χ1) is 13.0. The Morgan fingerprint density at radius 1 is 1.15 bits per heavy atom. The number of fused-ring (bicyclic) bond motifs is 2. The summed E-state index contributed by atoms with van der Waals surface area (Å²) in [7, 11) is 0. The zero-order chi connectivity index (χ0) is 19.1. The van der Waals surface area contributed by atoms with Gasteiger partial charge in [0.05, 0.1) is 17.8 Å². The fourth-order valence-corrected chi connectivity index (χ4v) is 3.74. The van der Waals surface area contributed by atoms with Gasteiger partial charge in [0.25, 0.3) is 5.91 Å². The second-order valence-corrected chi connectivity index (χ2v) is 7.04.